The van der Waals surface area contributed by atoms with E-state index in [4.69, 9.17) is 0 Å². The maximum absolute atomic E-state index is 12.0. The number of hydrogen-bond acceptors (Lipinski definition) is 3. The van der Waals surface area contributed by atoms with E-state index in [1.165, 1.54) is 17.7 Å². The zero-order chi connectivity index (χ0) is 17.9. The van der Waals surface area contributed by atoms with E-state index in [0.29, 0.717) is 24.9 Å². The van der Waals surface area contributed by atoms with E-state index in [-0.39, 0.29) is 5.91 Å². The molecule has 1 atom stereocenters. The second-order valence-corrected chi connectivity index (χ2v) is 7.87. The van der Waals surface area contributed by atoms with Crippen LogP contribution >= 0.6 is 11.3 Å². The highest BCUT2D eigenvalue weighted by atomic mass is 32.1. The molecule has 1 aliphatic rings. The molecule has 0 radical (unpaired) electrons. The number of hydrogen-bond donors (Lipinski definition) is 3. The molecule has 1 saturated carbocycles. The highest BCUT2D eigenvalue weighted by molar-refractivity contribution is 7.09. The van der Waals surface area contributed by atoms with Crippen LogP contribution in [0.2, 0.25) is 0 Å². The molecule has 1 fully saturated rings. The summed E-state index contributed by atoms with van der Waals surface area (Å²) in [6.45, 7) is 6.49. The summed E-state index contributed by atoms with van der Waals surface area (Å²) in [5.41, 5.74) is 0. The molecule has 5 nitrogen and oxygen atoms in total. The van der Waals surface area contributed by atoms with Crippen molar-refractivity contribution in [3.05, 3.63) is 22.4 Å². The van der Waals surface area contributed by atoms with Crippen LogP contribution in [0, 0.1) is 5.92 Å². The van der Waals surface area contributed by atoms with Gasteiger partial charge in [0.25, 0.3) is 0 Å². The van der Waals surface area contributed by atoms with Gasteiger partial charge in [-0.05, 0) is 43.6 Å². The van der Waals surface area contributed by atoms with Crippen LogP contribution in [0.5, 0.6) is 0 Å². The fourth-order valence-corrected chi connectivity index (χ4v) is 3.96. The minimum absolute atomic E-state index is 0.140. The van der Waals surface area contributed by atoms with Crippen molar-refractivity contribution in [3.63, 3.8) is 0 Å². The number of guanidine groups is 1. The van der Waals surface area contributed by atoms with Gasteiger partial charge in [-0.25, -0.2) is 0 Å². The fourth-order valence-electron chi connectivity index (χ4n) is 3.09. The first kappa shape index (κ1) is 19.8. The Balaban J connectivity index is 1.68. The topological polar surface area (TPSA) is 65.5 Å². The van der Waals surface area contributed by atoms with Gasteiger partial charge in [0.05, 0.1) is 0 Å². The average molecular weight is 365 g/mol. The molecule has 1 heterocycles. The summed E-state index contributed by atoms with van der Waals surface area (Å²) in [6, 6.07) is 4.67. The molecule has 0 spiro atoms. The van der Waals surface area contributed by atoms with Crippen molar-refractivity contribution >= 4 is 23.2 Å². The molecule has 1 aromatic rings. The Bertz CT molecular complexity index is 524. The Kier molecular flexibility index (Phi) is 8.80. The molecule has 0 aliphatic heterocycles. The monoisotopic (exact) mass is 364 g/mol. The maximum atomic E-state index is 12.0. The molecule has 1 aromatic heterocycles. The summed E-state index contributed by atoms with van der Waals surface area (Å²) in [4.78, 5) is 18.0. The van der Waals surface area contributed by atoms with E-state index >= 15 is 0 Å². The average Bonchev–Trinajstić information content (AvgIpc) is 3.26. The highest BCUT2D eigenvalue weighted by Gasteiger charge is 2.16. The third-order valence-corrected chi connectivity index (χ3v) is 5.30. The van der Waals surface area contributed by atoms with Crippen LogP contribution in [0.1, 0.15) is 50.8 Å². The summed E-state index contributed by atoms with van der Waals surface area (Å²) in [6.07, 6.45) is 6.29. The zero-order valence-electron chi connectivity index (χ0n) is 15.5. The summed E-state index contributed by atoms with van der Waals surface area (Å²) in [5, 5.41) is 11.8. The Morgan fingerprint density at radius 1 is 1.36 bits per heavy atom. The van der Waals surface area contributed by atoms with Crippen LogP contribution < -0.4 is 16.0 Å². The van der Waals surface area contributed by atoms with Gasteiger partial charge in [-0.1, -0.05) is 25.8 Å². The first-order valence-electron chi connectivity index (χ1n) is 9.51. The Morgan fingerprint density at radius 3 is 2.84 bits per heavy atom. The second-order valence-electron chi connectivity index (χ2n) is 6.83. The Hall–Kier alpha value is -1.56. The van der Waals surface area contributed by atoms with Gasteiger partial charge in [-0.15, -0.1) is 11.3 Å². The molecular formula is C19H32N4OS. The summed E-state index contributed by atoms with van der Waals surface area (Å²) < 4.78 is 0. The number of aliphatic imine (C=N–C) groups is 1. The number of carbonyl (C=O) groups excluding carboxylic acids is 1. The molecule has 1 unspecified atom stereocenters. The van der Waals surface area contributed by atoms with Gasteiger partial charge in [0, 0.05) is 37.0 Å². The van der Waals surface area contributed by atoms with Crippen molar-refractivity contribution < 1.29 is 4.79 Å². The molecule has 1 amide bonds. The summed E-state index contributed by atoms with van der Waals surface area (Å²) in [7, 11) is 0. The van der Waals surface area contributed by atoms with Gasteiger partial charge in [0.2, 0.25) is 5.91 Å². The highest BCUT2D eigenvalue weighted by Crippen LogP contribution is 2.17. The van der Waals surface area contributed by atoms with Crippen LogP contribution in [-0.4, -0.2) is 37.5 Å². The van der Waals surface area contributed by atoms with E-state index in [1.807, 2.05) is 0 Å². The van der Waals surface area contributed by atoms with E-state index < -0.39 is 0 Å². The molecule has 140 valence electrons. The Labute approximate surface area is 155 Å². The number of carbonyl (C=O) groups is 1. The lowest BCUT2D eigenvalue weighted by molar-refractivity contribution is -0.121. The summed E-state index contributed by atoms with van der Waals surface area (Å²) in [5.74, 6) is 1.44. The van der Waals surface area contributed by atoms with Crippen molar-refractivity contribution in [3.8, 4) is 0 Å². The zero-order valence-corrected chi connectivity index (χ0v) is 16.3. The van der Waals surface area contributed by atoms with E-state index in [1.54, 1.807) is 11.3 Å². The number of rotatable bonds is 9. The van der Waals surface area contributed by atoms with E-state index in [0.717, 1.165) is 38.3 Å². The van der Waals surface area contributed by atoms with Crippen LogP contribution in [0.3, 0.4) is 0 Å². The van der Waals surface area contributed by atoms with Crippen molar-refractivity contribution in [2.75, 3.05) is 19.6 Å². The van der Waals surface area contributed by atoms with Gasteiger partial charge < -0.3 is 16.0 Å². The van der Waals surface area contributed by atoms with Gasteiger partial charge in [0.15, 0.2) is 5.96 Å². The third-order valence-electron chi connectivity index (χ3n) is 4.40. The van der Waals surface area contributed by atoms with Crippen molar-refractivity contribution in [1.29, 1.82) is 0 Å². The first-order chi connectivity index (χ1) is 12.2. The summed E-state index contributed by atoms with van der Waals surface area (Å²) >= 11 is 1.80. The number of amides is 1. The molecule has 1 aliphatic carbocycles. The lowest BCUT2D eigenvalue weighted by atomic mass is 10.1. The van der Waals surface area contributed by atoms with Gasteiger partial charge in [-0.3, -0.25) is 9.79 Å². The molecule has 3 N–H and O–H groups in total. The lowest BCUT2D eigenvalue weighted by Gasteiger charge is -2.14. The second kappa shape index (κ2) is 11.1. The molecule has 0 bridgehead atoms. The molecule has 0 saturated heterocycles. The SMILES string of the molecule is CCNC(=NCC(C)Cc1cccs1)NCCC(=O)NC1CCCC1. The minimum atomic E-state index is 0.140. The van der Waals surface area contributed by atoms with Crippen molar-refractivity contribution in [1.82, 2.24) is 16.0 Å². The van der Waals surface area contributed by atoms with Crippen LogP contribution in [0.25, 0.3) is 0 Å². The smallest absolute Gasteiger partial charge is 0.221 e. The molecule has 6 heteroatoms. The first-order valence-corrected chi connectivity index (χ1v) is 10.4. The quantitative estimate of drug-likeness (QED) is 0.466. The Morgan fingerprint density at radius 2 is 2.16 bits per heavy atom. The number of thiophene rings is 1. The number of nitrogens with zero attached hydrogens (tertiary/aromatic N) is 1. The van der Waals surface area contributed by atoms with E-state index in [2.05, 4.69) is 52.3 Å². The minimum Gasteiger partial charge on any atom is -0.357 e. The van der Waals surface area contributed by atoms with Crippen LogP contribution in [-0.2, 0) is 11.2 Å². The van der Waals surface area contributed by atoms with Crippen LogP contribution in [0.15, 0.2) is 22.5 Å². The largest absolute Gasteiger partial charge is 0.357 e. The predicted molar refractivity (Wildman–Crippen MR) is 106 cm³/mol. The fraction of sp³-hybridized carbons (Fsp3) is 0.684. The third kappa shape index (κ3) is 7.90. The predicted octanol–water partition coefficient (Wildman–Crippen LogP) is 2.93. The van der Waals surface area contributed by atoms with Gasteiger partial charge in [0.1, 0.15) is 0 Å². The lowest BCUT2D eigenvalue weighted by Crippen LogP contribution is -2.40. The molecule has 0 aromatic carbocycles. The standard InChI is InChI=1S/C19H32N4OS/c1-3-20-19(22-14-15(2)13-17-9-6-12-25-17)21-11-10-18(24)23-16-7-4-5-8-16/h6,9,12,15-16H,3-5,7-8,10-11,13-14H2,1-2H3,(H,23,24)(H2,20,21,22). The number of nitrogens with one attached hydrogen (secondary N) is 3. The normalized spacial score (nSPS) is 16.6. The molecule has 2 rings (SSSR count). The van der Waals surface area contributed by atoms with E-state index in [9.17, 15) is 4.79 Å². The van der Waals surface area contributed by atoms with Gasteiger partial charge in [-0.2, -0.15) is 0 Å². The van der Waals surface area contributed by atoms with Gasteiger partial charge >= 0.3 is 0 Å². The molecule has 25 heavy (non-hydrogen) atoms. The van der Waals surface area contributed by atoms with Crippen molar-refractivity contribution in [2.45, 2.75) is 58.4 Å². The molecular weight excluding hydrogens is 332 g/mol. The van der Waals surface area contributed by atoms with Crippen LogP contribution in [0.4, 0.5) is 0 Å². The van der Waals surface area contributed by atoms with Crippen molar-refractivity contribution in [2.24, 2.45) is 10.9 Å². The maximum Gasteiger partial charge on any atom is 0.221 e.